The second-order valence-electron chi connectivity index (χ2n) is 5.88. The number of nitrogens with zero attached hydrogens (tertiary/aromatic N) is 1. The zero-order chi connectivity index (χ0) is 16.1. The second kappa shape index (κ2) is 7.66. The van der Waals surface area contributed by atoms with Gasteiger partial charge in [-0.2, -0.15) is 0 Å². The quantitative estimate of drug-likeness (QED) is 0.890. The number of benzene rings is 2. The molecule has 1 N–H and O–H groups in total. The molecule has 1 atom stereocenters. The van der Waals surface area contributed by atoms with E-state index in [0.29, 0.717) is 6.54 Å². The topological polar surface area (TPSA) is 40.5 Å². The molecule has 1 unspecified atom stereocenters. The summed E-state index contributed by atoms with van der Waals surface area (Å²) in [5.41, 5.74) is 1.18. The lowest BCUT2D eigenvalue weighted by Crippen LogP contribution is -2.43. The van der Waals surface area contributed by atoms with E-state index in [1.807, 2.05) is 18.2 Å². The van der Waals surface area contributed by atoms with E-state index in [-0.39, 0.29) is 6.04 Å². The van der Waals surface area contributed by atoms with Crippen LogP contribution in [0.4, 0.5) is 0 Å². The van der Waals surface area contributed by atoms with Gasteiger partial charge in [-0.1, -0.05) is 48.5 Å². The molecule has 1 aliphatic heterocycles. The van der Waals surface area contributed by atoms with Crippen LogP contribution in [0.1, 0.15) is 24.8 Å². The fraction of sp³-hybridized carbons (Fsp3) is 0.316. The highest BCUT2D eigenvalue weighted by Crippen LogP contribution is 2.28. The van der Waals surface area contributed by atoms with Gasteiger partial charge < -0.3 is 5.11 Å². The van der Waals surface area contributed by atoms with E-state index in [1.54, 1.807) is 11.8 Å². The minimum Gasteiger partial charge on any atom is -0.480 e. The first-order valence-corrected chi connectivity index (χ1v) is 8.83. The summed E-state index contributed by atoms with van der Waals surface area (Å²) in [4.78, 5) is 15.9. The highest BCUT2D eigenvalue weighted by atomic mass is 32.2. The minimum atomic E-state index is -0.694. The first-order valence-electron chi connectivity index (χ1n) is 8.01. The summed E-state index contributed by atoms with van der Waals surface area (Å²) < 4.78 is 0. The number of hydrogen-bond donors (Lipinski definition) is 1. The highest BCUT2D eigenvalue weighted by molar-refractivity contribution is 7.99. The molecule has 23 heavy (non-hydrogen) atoms. The van der Waals surface area contributed by atoms with Crippen molar-refractivity contribution in [1.82, 2.24) is 4.90 Å². The number of likely N-dealkylation sites (tertiary alicyclic amines) is 1. The largest absolute Gasteiger partial charge is 0.480 e. The molecule has 1 saturated heterocycles. The first-order chi connectivity index (χ1) is 11.2. The molecule has 0 amide bonds. The van der Waals surface area contributed by atoms with Crippen molar-refractivity contribution >= 4 is 17.7 Å². The van der Waals surface area contributed by atoms with Gasteiger partial charge in [0.15, 0.2) is 0 Å². The number of hydrogen-bond acceptors (Lipinski definition) is 3. The lowest BCUT2D eigenvalue weighted by atomic mass is 10.0. The van der Waals surface area contributed by atoms with Crippen molar-refractivity contribution < 1.29 is 9.90 Å². The molecule has 0 spiro atoms. The molecule has 3 rings (SSSR count). The van der Waals surface area contributed by atoms with Gasteiger partial charge in [0.2, 0.25) is 0 Å². The molecule has 0 aromatic heterocycles. The van der Waals surface area contributed by atoms with Crippen molar-refractivity contribution in [3.63, 3.8) is 0 Å². The Morgan fingerprint density at radius 2 is 1.74 bits per heavy atom. The van der Waals surface area contributed by atoms with Crippen LogP contribution in [0.5, 0.6) is 0 Å². The van der Waals surface area contributed by atoms with Crippen molar-refractivity contribution in [3.05, 3.63) is 60.2 Å². The number of rotatable bonds is 5. The van der Waals surface area contributed by atoms with Crippen LogP contribution < -0.4 is 0 Å². The molecule has 0 saturated carbocycles. The molecule has 3 nitrogen and oxygen atoms in total. The van der Waals surface area contributed by atoms with Crippen LogP contribution in [0.2, 0.25) is 0 Å². The zero-order valence-electron chi connectivity index (χ0n) is 13.0. The Bertz CT molecular complexity index is 642. The van der Waals surface area contributed by atoms with Gasteiger partial charge in [0.25, 0.3) is 0 Å². The Hall–Kier alpha value is -1.78. The van der Waals surface area contributed by atoms with Gasteiger partial charge in [-0.3, -0.25) is 9.69 Å². The fourth-order valence-electron chi connectivity index (χ4n) is 2.98. The minimum absolute atomic E-state index is 0.331. The van der Waals surface area contributed by atoms with Crippen molar-refractivity contribution in [3.8, 4) is 0 Å². The van der Waals surface area contributed by atoms with E-state index in [0.717, 1.165) is 25.8 Å². The van der Waals surface area contributed by atoms with Crippen LogP contribution in [-0.2, 0) is 11.3 Å². The van der Waals surface area contributed by atoms with Gasteiger partial charge in [-0.05, 0) is 49.2 Å². The van der Waals surface area contributed by atoms with Gasteiger partial charge >= 0.3 is 5.97 Å². The van der Waals surface area contributed by atoms with Crippen molar-refractivity contribution in [2.75, 3.05) is 6.54 Å². The zero-order valence-corrected chi connectivity index (χ0v) is 13.8. The Labute approximate surface area is 141 Å². The maximum atomic E-state index is 11.4. The monoisotopic (exact) mass is 327 g/mol. The molecule has 1 aliphatic rings. The molecular formula is C19H21NO2S. The highest BCUT2D eigenvalue weighted by Gasteiger charge is 2.28. The predicted molar refractivity (Wildman–Crippen MR) is 92.7 cm³/mol. The Morgan fingerprint density at radius 3 is 2.43 bits per heavy atom. The van der Waals surface area contributed by atoms with Crippen LogP contribution in [-0.4, -0.2) is 28.6 Å². The maximum absolute atomic E-state index is 11.4. The first kappa shape index (κ1) is 16.1. The van der Waals surface area contributed by atoms with Crippen molar-refractivity contribution in [2.24, 2.45) is 0 Å². The van der Waals surface area contributed by atoms with E-state index in [9.17, 15) is 9.90 Å². The van der Waals surface area contributed by atoms with Crippen LogP contribution >= 0.6 is 11.8 Å². The van der Waals surface area contributed by atoms with Crippen molar-refractivity contribution in [2.45, 2.75) is 41.6 Å². The average molecular weight is 327 g/mol. The summed E-state index contributed by atoms with van der Waals surface area (Å²) in [7, 11) is 0. The summed E-state index contributed by atoms with van der Waals surface area (Å²) in [6.07, 6.45) is 2.86. The molecular weight excluding hydrogens is 306 g/mol. The SMILES string of the molecule is O=C(O)C1CCCCN1Cc1ccc(Sc2ccccc2)cc1. The third-order valence-corrected chi connectivity index (χ3v) is 5.20. The summed E-state index contributed by atoms with van der Waals surface area (Å²) in [5.74, 6) is -0.694. The molecule has 4 heteroatoms. The van der Waals surface area contributed by atoms with Gasteiger partial charge in [-0.15, -0.1) is 0 Å². The lowest BCUT2D eigenvalue weighted by Gasteiger charge is -2.32. The Morgan fingerprint density at radius 1 is 1.04 bits per heavy atom. The standard InChI is InChI=1S/C19H21NO2S/c21-19(22)18-8-4-5-13-20(18)14-15-9-11-17(12-10-15)23-16-6-2-1-3-7-16/h1-3,6-7,9-12,18H,4-5,8,13-14H2,(H,21,22). The lowest BCUT2D eigenvalue weighted by molar-refractivity contribution is -0.144. The fourth-order valence-corrected chi connectivity index (χ4v) is 3.82. The Balaban J connectivity index is 1.64. The van der Waals surface area contributed by atoms with Gasteiger partial charge in [0.1, 0.15) is 6.04 Å². The van der Waals surface area contributed by atoms with Crippen LogP contribution in [0, 0.1) is 0 Å². The van der Waals surface area contributed by atoms with Crippen LogP contribution in [0.3, 0.4) is 0 Å². The Kier molecular flexibility index (Phi) is 5.36. The molecule has 0 bridgehead atoms. The van der Waals surface area contributed by atoms with Gasteiger partial charge in [-0.25, -0.2) is 0 Å². The average Bonchev–Trinajstić information content (AvgIpc) is 2.58. The van der Waals surface area contributed by atoms with Gasteiger partial charge in [0, 0.05) is 16.3 Å². The number of carbonyl (C=O) groups is 1. The smallest absolute Gasteiger partial charge is 0.320 e. The number of carboxylic acid groups (broad SMARTS) is 1. The molecule has 0 aliphatic carbocycles. The van der Waals surface area contributed by atoms with E-state index in [1.165, 1.54) is 15.4 Å². The van der Waals surface area contributed by atoms with E-state index in [2.05, 4.69) is 41.3 Å². The normalized spacial score (nSPS) is 18.7. The molecule has 1 heterocycles. The van der Waals surface area contributed by atoms with Crippen molar-refractivity contribution in [1.29, 1.82) is 0 Å². The number of aliphatic carboxylic acids is 1. The number of carboxylic acids is 1. The summed E-state index contributed by atoms with van der Waals surface area (Å²) in [5, 5.41) is 9.35. The molecule has 120 valence electrons. The number of piperidine rings is 1. The van der Waals surface area contributed by atoms with E-state index >= 15 is 0 Å². The third kappa shape index (κ3) is 4.36. The van der Waals surface area contributed by atoms with Crippen LogP contribution in [0.25, 0.3) is 0 Å². The van der Waals surface area contributed by atoms with E-state index < -0.39 is 5.97 Å². The summed E-state index contributed by atoms with van der Waals surface area (Å²) in [6.45, 7) is 1.59. The van der Waals surface area contributed by atoms with Gasteiger partial charge in [0.05, 0.1) is 0 Å². The maximum Gasteiger partial charge on any atom is 0.320 e. The van der Waals surface area contributed by atoms with E-state index in [4.69, 9.17) is 0 Å². The second-order valence-corrected chi connectivity index (χ2v) is 7.03. The molecule has 1 fully saturated rings. The summed E-state index contributed by atoms with van der Waals surface area (Å²) >= 11 is 1.74. The predicted octanol–water partition coefficient (Wildman–Crippen LogP) is 4.28. The molecule has 2 aromatic rings. The molecule has 2 aromatic carbocycles. The molecule has 0 radical (unpaired) electrons. The van der Waals surface area contributed by atoms with Crippen LogP contribution in [0.15, 0.2) is 64.4 Å². The summed E-state index contributed by atoms with van der Waals surface area (Å²) in [6, 6.07) is 18.4. The third-order valence-electron chi connectivity index (χ3n) is 4.19.